The monoisotopic (exact) mass is 509 g/mol. The van der Waals surface area contributed by atoms with Crippen LogP contribution in [0, 0.1) is 6.92 Å². The molecule has 1 fully saturated rings. The molecule has 0 N–H and O–H groups in total. The van der Waals surface area contributed by atoms with Crippen LogP contribution in [0.5, 0.6) is 11.5 Å². The number of sulfonamides is 1. The van der Waals surface area contributed by atoms with E-state index in [4.69, 9.17) is 9.47 Å². The van der Waals surface area contributed by atoms with Gasteiger partial charge in [0.2, 0.25) is 5.91 Å². The first-order chi connectivity index (χ1) is 17.3. The highest BCUT2D eigenvalue weighted by atomic mass is 32.2. The zero-order valence-electron chi connectivity index (χ0n) is 20.8. The Morgan fingerprint density at radius 1 is 0.861 bits per heavy atom. The number of piperazine rings is 1. The molecule has 8 nitrogen and oxygen atoms in total. The maximum atomic E-state index is 13.6. The Balaban J connectivity index is 1.52. The second-order valence-corrected chi connectivity index (χ2v) is 10.5. The van der Waals surface area contributed by atoms with E-state index in [9.17, 15) is 13.2 Å². The van der Waals surface area contributed by atoms with Crippen LogP contribution in [0.2, 0.25) is 0 Å². The molecule has 0 aromatic heterocycles. The normalized spacial score (nSPS) is 13.9. The topological polar surface area (TPSA) is 79.4 Å². The first-order valence-corrected chi connectivity index (χ1v) is 13.2. The number of ether oxygens (including phenoxy) is 2. The highest BCUT2D eigenvalue weighted by Crippen LogP contribution is 2.28. The number of hydrogen-bond acceptors (Lipinski definition) is 6. The predicted octanol–water partition coefficient (Wildman–Crippen LogP) is 3.56. The van der Waals surface area contributed by atoms with E-state index in [0.717, 1.165) is 17.0 Å². The average molecular weight is 510 g/mol. The molecule has 0 unspecified atom stereocenters. The first kappa shape index (κ1) is 25.4. The molecule has 0 bridgehead atoms. The zero-order chi connectivity index (χ0) is 25.7. The van der Waals surface area contributed by atoms with Gasteiger partial charge in [-0.1, -0.05) is 23.8 Å². The molecule has 1 aliphatic heterocycles. The van der Waals surface area contributed by atoms with Gasteiger partial charge in [0.15, 0.2) is 0 Å². The molecule has 4 rings (SSSR count). The summed E-state index contributed by atoms with van der Waals surface area (Å²) in [5.74, 6) is 1.06. The Kier molecular flexibility index (Phi) is 7.69. The van der Waals surface area contributed by atoms with Crippen LogP contribution in [0.1, 0.15) is 5.56 Å². The molecule has 0 radical (unpaired) electrons. The summed E-state index contributed by atoms with van der Waals surface area (Å²) in [6, 6.07) is 21.2. The predicted molar refractivity (Wildman–Crippen MR) is 140 cm³/mol. The lowest BCUT2D eigenvalue weighted by Gasteiger charge is -2.37. The van der Waals surface area contributed by atoms with E-state index in [-0.39, 0.29) is 17.3 Å². The number of carbonyl (C=O) groups is 1. The van der Waals surface area contributed by atoms with Crippen LogP contribution in [0.4, 0.5) is 11.4 Å². The van der Waals surface area contributed by atoms with Crippen molar-refractivity contribution in [2.75, 3.05) is 56.1 Å². The van der Waals surface area contributed by atoms with E-state index in [2.05, 4.69) is 4.90 Å². The Bertz CT molecular complexity index is 1290. The Hall–Kier alpha value is -3.72. The summed E-state index contributed by atoms with van der Waals surface area (Å²) in [5, 5.41) is 0. The third-order valence-electron chi connectivity index (χ3n) is 6.30. The third-order valence-corrected chi connectivity index (χ3v) is 8.09. The molecule has 9 heteroatoms. The summed E-state index contributed by atoms with van der Waals surface area (Å²) in [7, 11) is -0.831. The second-order valence-electron chi connectivity index (χ2n) is 8.59. The summed E-state index contributed by atoms with van der Waals surface area (Å²) in [5.41, 5.74) is 2.38. The molecule has 0 aliphatic carbocycles. The number of methoxy groups -OCH3 is 2. The van der Waals surface area contributed by atoms with E-state index < -0.39 is 10.0 Å². The minimum atomic E-state index is -3.98. The molecule has 0 atom stereocenters. The Labute approximate surface area is 212 Å². The fourth-order valence-electron chi connectivity index (χ4n) is 4.15. The molecule has 3 aromatic carbocycles. The van der Waals surface area contributed by atoms with Crippen LogP contribution < -0.4 is 18.7 Å². The molecular formula is C27H31N3O5S. The van der Waals surface area contributed by atoms with Gasteiger partial charge >= 0.3 is 0 Å². The summed E-state index contributed by atoms with van der Waals surface area (Å²) in [6.07, 6.45) is 0. The number of aryl methyl sites for hydroxylation is 1. The van der Waals surface area contributed by atoms with Crippen molar-refractivity contribution in [1.82, 2.24) is 4.90 Å². The van der Waals surface area contributed by atoms with Crippen LogP contribution in [0.25, 0.3) is 0 Å². The number of nitrogens with zero attached hydrogens (tertiary/aromatic N) is 3. The number of rotatable bonds is 8. The average Bonchev–Trinajstić information content (AvgIpc) is 2.92. The van der Waals surface area contributed by atoms with E-state index in [1.54, 1.807) is 60.5 Å². The van der Waals surface area contributed by atoms with Crippen molar-refractivity contribution in [3.05, 3.63) is 78.4 Å². The van der Waals surface area contributed by atoms with Crippen LogP contribution in [-0.4, -0.2) is 66.2 Å². The maximum absolute atomic E-state index is 13.6. The molecule has 1 heterocycles. The van der Waals surface area contributed by atoms with Gasteiger partial charge in [-0.3, -0.25) is 9.10 Å². The SMILES string of the molecule is COc1ccc(N2CCN(C(=O)CN(c3cccc(OC)c3)S(=O)(=O)c3ccc(C)cc3)CC2)cc1. The molecule has 190 valence electrons. The number of benzene rings is 3. The molecule has 3 aromatic rings. The van der Waals surface area contributed by atoms with Gasteiger partial charge in [0.25, 0.3) is 10.0 Å². The maximum Gasteiger partial charge on any atom is 0.264 e. The highest BCUT2D eigenvalue weighted by molar-refractivity contribution is 7.92. The lowest BCUT2D eigenvalue weighted by molar-refractivity contribution is -0.129. The van der Waals surface area contributed by atoms with Crippen molar-refractivity contribution in [2.24, 2.45) is 0 Å². The molecular weight excluding hydrogens is 478 g/mol. The number of amides is 1. The van der Waals surface area contributed by atoms with Gasteiger partial charge in [0.05, 0.1) is 24.8 Å². The van der Waals surface area contributed by atoms with Gasteiger partial charge in [-0.05, 0) is 55.5 Å². The van der Waals surface area contributed by atoms with Gasteiger partial charge in [-0.15, -0.1) is 0 Å². The number of hydrogen-bond donors (Lipinski definition) is 0. The fourth-order valence-corrected chi connectivity index (χ4v) is 5.55. The standard InChI is InChI=1S/C27H31N3O5S/c1-21-7-13-26(14-8-21)36(32,33)30(23-5-4-6-25(19-23)35-3)20-27(31)29-17-15-28(16-18-29)22-9-11-24(34-2)12-10-22/h4-14,19H,15-18,20H2,1-3H3. The van der Waals surface area contributed by atoms with Crippen molar-refractivity contribution in [3.8, 4) is 11.5 Å². The van der Waals surface area contributed by atoms with Crippen molar-refractivity contribution >= 4 is 27.3 Å². The minimum Gasteiger partial charge on any atom is -0.497 e. The van der Waals surface area contributed by atoms with E-state index in [0.29, 0.717) is 37.6 Å². The van der Waals surface area contributed by atoms with E-state index >= 15 is 0 Å². The fraction of sp³-hybridized carbons (Fsp3) is 0.296. The van der Waals surface area contributed by atoms with Gasteiger partial charge in [0, 0.05) is 37.9 Å². The molecule has 1 aliphatic rings. The molecule has 1 saturated heterocycles. The summed E-state index contributed by atoms with van der Waals surface area (Å²) >= 11 is 0. The Morgan fingerprint density at radius 3 is 2.11 bits per heavy atom. The third kappa shape index (κ3) is 5.57. The van der Waals surface area contributed by atoms with E-state index in [1.165, 1.54) is 11.4 Å². The smallest absolute Gasteiger partial charge is 0.264 e. The summed E-state index contributed by atoms with van der Waals surface area (Å²) in [4.78, 5) is 17.4. The van der Waals surface area contributed by atoms with Crippen molar-refractivity contribution in [1.29, 1.82) is 0 Å². The van der Waals surface area contributed by atoms with Gasteiger partial charge in [0.1, 0.15) is 18.0 Å². The molecule has 1 amide bonds. The van der Waals surface area contributed by atoms with E-state index in [1.807, 2.05) is 31.2 Å². The number of anilines is 2. The van der Waals surface area contributed by atoms with Gasteiger partial charge in [-0.2, -0.15) is 0 Å². The zero-order valence-corrected chi connectivity index (χ0v) is 21.6. The largest absolute Gasteiger partial charge is 0.497 e. The van der Waals surface area contributed by atoms with Crippen LogP contribution in [0.15, 0.2) is 77.7 Å². The summed E-state index contributed by atoms with van der Waals surface area (Å²) < 4.78 is 39.0. The second kappa shape index (κ2) is 10.9. The number of carbonyl (C=O) groups excluding carboxylic acids is 1. The molecule has 0 spiro atoms. The molecule has 0 saturated carbocycles. The molecule has 36 heavy (non-hydrogen) atoms. The Morgan fingerprint density at radius 2 is 1.50 bits per heavy atom. The van der Waals surface area contributed by atoms with Crippen LogP contribution in [-0.2, 0) is 14.8 Å². The minimum absolute atomic E-state index is 0.132. The van der Waals surface area contributed by atoms with Crippen molar-refractivity contribution in [3.63, 3.8) is 0 Å². The van der Waals surface area contributed by atoms with Gasteiger partial charge < -0.3 is 19.3 Å². The van der Waals surface area contributed by atoms with Crippen molar-refractivity contribution < 1.29 is 22.7 Å². The van der Waals surface area contributed by atoms with Crippen molar-refractivity contribution in [2.45, 2.75) is 11.8 Å². The highest BCUT2D eigenvalue weighted by Gasteiger charge is 2.30. The lowest BCUT2D eigenvalue weighted by atomic mass is 10.2. The van der Waals surface area contributed by atoms with Crippen LogP contribution in [0.3, 0.4) is 0 Å². The quantitative estimate of drug-likeness (QED) is 0.462. The summed E-state index contributed by atoms with van der Waals surface area (Å²) in [6.45, 7) is 3.91. The van der Waals surface area contributed by atoms with Gasteiger partial charge in [-0.25, -0.2) is 8.42 Å². The van der Waals surface area contributed by atoms with Crippen LogP contribution >= 0.6 is 0 Å². The lowest BCUT2D eigenvalue weighted by Crippen LogP contribution is -2.52. The first-order valence-electron chi connectivity index (χ1n) is 11.7.